The molecule has 3 heteroatoms. The minimum absolute atomic E-state index is 0.128. The van der Waals surface area contributed by atoms with Crippen molar-refractivity contribution in [3.8, 4) is 56.2 Å². The normalized spacial score (nSPS) is 13.1. The van der Waals surface area contributed by atoms with Crippen LogP contribution in [-0.4, -0.2) is 15.0 Å². The number of nitrogens with zero attached hydrogens (tertiary/aromatic N) is 3. The topological polar surface area (TPSA) is 38.7 Å². The highest BCUT2D eigenvalue weighted by Crippen LogP contribution is 2.55. The van der Waals surface area contributed by atoms with Gasteiger partial charge in [-0.2, -0.15) is 0 Å². The number of rotatable bonds is 4. The summed E-state index contributed by atoms with van der Waals surface area (Å²) in [5.41, 5.74) is 13.6. The minimum Gasteiger partial charge on any atom is -0.256 e. The fraction of sp³-hybridized carbons (Fsp3) is 0.0625. The lowest BCUT2D eigenvalue weighted by Crippen LogP contribution is -2.15. The molecule has 0 saturated heterocycles. The van der Waals surface area contributed by atoms with Gasteiger partial charge in [0.05, 0.1) is 16.9 Å². The third-order valence-electron chi connectivity index (χ3n) is 10.7. The molecule has 51 heavy (non-hydrogen) atoms. The molecule has 0 radical (unpaired) electrons. The van der Waals surface area contributed by atoms with Crippen LogP contribution in [0.3, 0.4) is 0 Å². The number of hydrogen-bond donors (Lipinski definition) is 0. The van der Waals surface area contributed by atoms with Crippen molar-refractivity contribution in [2.75, 3.05) is 0 Å². The first kappa shape index (κ1) is 29.5. The Morgan fingerprint density at radius 3 is 1.98 bits per heavy atom. The third-order valence-corrected chi connectivity index (χ3v) is 10.7. The Morgan fingerprint density at radius 1 is 0.451 bits per heavy atom. The molecule has 0 fully saturated rings. The summed E-state index contributed by atoms with van der Waals surface area (Å²) in [5.74, 6) is 0.700. The Kier molecular flexibility index (Phi) is 6.53. The molecule has 0 amide bonds. The van der Waals surface area contributed by atoms with Gasteiger partial charge in [-0.05, 0) is 79.2 Å². The van der Waals surface area contributed by atoms with E-state index in [1.165, 1.54) is 49.5 Å². The maximum Gasteiger partial charge on any atom is 0.161 e. The molecule has 2 aromatic heterocycles. The number of pyridine rings is 1. The lowest BCUT2D eigenvalue weighted by atomic mass is 9.80. The Morgan fingerprint density at radius 2 is 1.12 bits per heavy atom. The van der Waals surface area contributed by atoms with Crippen LogP contribution in [0.15, 0.2) is 164 Å². The molecule has 0 spiro atoms. The molecule has 9 aromatic rings. The summed E-state index contributed by atoms with van der Waals surface area (Å²) in [7, 11) is 0. The van der Waals surface area contributed by atoms with Crippen LogP contribution in [0.4, 0.5) is 0 Å². The second-order valence-corrected chi connectivity index (χ2v) is 14.0. The highest BCUT2D eigenvalue weighted by atomic mass is 14.9. The first-order valence-electron chi connectivity index (χ1n) is 17.5. The monoisotopic (exact) mass is 651 g/mol. The zero-order valence-corrected chi connectivity index (χ0v) is 28.4. The summed E-state index contributed by atoms with van der Waals surface area (Å²) < 4.78 is 0. The first-order chi connectivity index (χ1) is 25.1. The molecule has 2 heterocycles. The van der Waals surface area contributed by atoms with Gasteiger partial charge in [-0.1, -0.05) is 147 Å². The Labute approximate surface area is 297 Å². The van der Waals surface area contributed by atoms with Gasteiger partial charge < -0.3 is 0 Å². The van der Waals surface area contributed by atoms with E-state index in [1.54, 1.807) is 0 Å². The lowest BCUT2D eigenvalue weighted by molar-refractivity contribution is 0.666. The Balaban J connectivity index is 1.20. The van der Waals surface area contributed by atoms with E-state index in [4.69, 9.17) is 9.97 Å². The van der Waals surface area contributed by atoms with Crippen LogP contribution in [0.5, 0.6) is 0 Å². The van der Waals surface area contributed by atoms with Crippen molar-refractivity contribution in [1.29, 1.82) is 0 Å². The Bertz CT molecular complexity index is 2830. The van der Waals surface area contributed by atoms with Gasteiger partial charge >= 0.3 is 0 Å². The highest BCUT2D eigenvalue weighted by Gasteiger charge is 2.38. The standard InChI is InChI=1S/C48H33N3/c1-48(2)41-22-10-20-38(45(41)40-25-24-30-13-6-7-16-32(30)46(40)48)35-26-27-39(34-18-9-8-17-33(34)35)47-50-43(31-14-4-3-5-15-31)29-44(51-47)37-19-11-23-42-36(37)21-12-28-49-42/h3-29H,1-2H3. The summed E-state index contributed by atoms with van der Waals surface area (Å²) in [4.78, 5) is 15.2. The van der Waals surface area contributed by atoms with Crippen molar-refractivity contribution in [2.45, 2.75) is 19.3 Å². The molecule has 0 aliphatic heterocycles. The molecule has 7 aromatic carbocycles. The van der Waals surface area contributed by atoms with Gasteiger partial charge in [-0.25, -0.2) is 9.97 Å². The predicted molar refractivity (Wildman–Crippen MR) is 212 cm³/mol. The second kappa shape index (κ2) is 11.3. The molecule has 1 aliphatic rings. The fourth-order valence-electron chi connectivity index (χ4n) is 8.39. The van der Waals surface area contributed by atoms with Gasteiger partial charge in [-0.15, -0.1) is 0 Å². The van der Waals surface area contributed by atoms with Gasteiger partial charge in [0.25, 0.3) is 0 Å². The SMILES string of the molecule is CC1(C)c2cccc(-c3ccc(-c4nc(-c5ccccc5)cc(-c5cccc6ncccc56)n4)c4ccccc34)c2-c2ccc3ccccc3c21. The van der Waals surface area contributed by atoms with E-state index in [2.05, 4.69) is 158 Å². The molecule has 0 unspecified atom stereocenters. The van der Waals surface area contributed by atoms with Crippen LogP contribution in [0.2, 0.25) is 0 Å². The summed E-state index contributed by atoms with van der Waals surface area (Å²) in [6.07, 6.45) is 1.84. The van der Waals surface area contributed by atoms with E-state index in [0.29, 0.717) is 5.82 Å². The van der Waals surface area contributed by atoms with Gasteiger partial charge in [0.2, 0.25) is 0 Å². The maximum atomic E-state index is 5.30. The number of fused-ring (bicyclic) bond motifs is 7. The third kappa shape index (κ3) is 4.55. The highest BCUT2D eigenvalue weighted by molar-refractivity contribution is 6.09. The van der Waals surface area contributed by atoms with Crippen molar-refractivity contribution in [3.63, 3.8) is 0 Å². The van der Waals surface area contributed by atoms with Gasteiger partial charge in [0, 0.05) is 33.7 Å². The minimum atomic E-state index is -0.128. The van der Waals surface area contributed by atoms with Crippen LogP contribution >= 0.6 is 0 Å². The molecule has 3 nitrogen and oxygen atoms in total. The van der Waals surface area contributed by atoms with Crippen molar-refractivity contribution in [3.05, 3.63) is 175 Å². The van der Waals surface area contributed by atoms with Crippen LogP contribution in [-0.2, 0) is 5.41 Å². The van der Waals surface area contributed by atoms with Gasteiger partial charge in [-0.3, -0.25) is 4.98 Å². The number of benzene rings is 7. The molecule has 0 atom stereocenters. The van der Waals surface area contributed by atoms with Crippen LogP contribution in [0, 0.1) is 0 Å². The van der Waals surface area contributed by atoms with Crippen molar-refractivity contribution < 1.29 is 0 Å². The molecule has 10 rings (SSSR count). The molecular formula is C48H33N3. The van der Waals surface area contributed by atoms with Gasteiger partial charge in [0.1, 0.15) is 0 Å². The van der Waals surface area contributed by atoms with E-state index in [9.17, 15) is 0 Å². The van der Waals surface area contributed by atoms with Crippen molar-refractivity contribution in [2.24, 2.45) is 0 Å². The molecule has 1 aliphatic carbocycles. The summed E-state index contributed by atoms with van der Waals surface area (Å²) in [5, 5.41) is 5.98. The van der Waals surface area contributed by atoms with E-state index < -0.39 is 0 Å². The van der Waals surface area contributed by atoms with Crippen molar-refractivity contribution >= 4 is 32.4 Å². The summed E-state index contributed by atoms with van der Waals surface area (Å²) in [6, 6.07) is 56.3. The van der Waals surface area contributed by atoms with E-state index in [1.807, 2.05) is 24.4 Å². The molecular weight excluding hydrogens is 619 g/mol. The van der Waals surface area contributed by atoms with E-state index in [-0.39, 0.29) is 5.41 Å². The largest absolute Gasteiger partial charge is 0.256 e. The zero-order valence-electron chi connectivity index (χ0n) is 28.4. The van der Waals surface area contributed by atoms with Crippen LogP contribution < -0.4 is 0 Å². The molecule has 0 N–H and O–H groups in total. The zero-order chi connectivity index (χ0) is 34.1. The molecule has 0 bridgehead atoms. The second-order valence-electron chi connectivity index (χ2n) is 14.0. The molecule has 240 valence electrons. The van der Waals surface area contributed by atoms with Crippen molar-refractivity contribution in [1.82, 2.24) is 15.0 Å². The van der Waals surface area contributed by atoms with Gasteiger partial charge in [0.15, 0.2) is 5.82 Å². The smallest absolute Gasteiger partial charge is 0.161 e. The predicted octanol–water partition coefficient (Wildman–Crippen LogP) is 12.3. The quantitative estimate of drug-likeness (QED) is 0.190. The first-order valence-corrected chi connectivity index (χ1v) is 17.5. The van der Waals surface area contributed by atoms with Crippen LogP contribution in [0.25, 0.3) is 88.6 Å². The number of aromatic nitrogens is 3. The van der Waals surface area contributed by atoms with Crippen LogP contribution in [0.1, 0.15) is 25.0 Å². The Hall–Kier alpha value is -6.45. The number of hydrogen-bond acceptors (Lipinski definition) is 3. The van der Waals surface area contributed by atoms with E-state index >= 15 is 0 Å². The molecule has 0 saturated carbocycles. The maximum absolute atomic E-state index is 5.30. The summed E-state index contributed by atoms with van der Waals surface area (Å²) in [6.45, 7) is 4.74. The lowest BCUT2D eigenvalue weighted by Gasteiger charge is -2.23. The average molecular weight is 652 g/mol. The van der Waals surface area contributed by atoms with E-state index in [0.717, 1.165) is 44.4 Å². The average Bonchev–Trinajstić information content (AvgIpc) is 3.44. The summed E-state index contributed by atoms with van der Waals surface area (Å²) >= 11 is 0. The fourth-order valence-corrected chi connectivity index (χ4v) is 8.39.